The van der Waals surface area contributed by atoms with Gasteiger partial charge in [0.05, 0.1) is 35.4 Å². The fourth-order valence-electron chi connectivity index (χ4n) is 4.45. The second-order valence-electron chi connectivity index (χ2n) is 9.25. The van der Waals surface area contributed by atoms with Gasteiger partial charge < -0.3 is 39.6 Å². The highest BCUT2D eigenvalue weighted by atomic mass is 19.4. The van der Waals surface area contributed by atoms with Crippen LogP contribution in [-0.2, 0) is 10.9 Å². The lowest BCUT2D eigenvalue weighted by Gasteiger charge is -2.29. The third kappa shape index (κ3) is 5.29. The van der Waals surface area contributed by atoms with Crippen molar-refractivity contribution in [2.45, 2.75) is 6.18 Å². The minimum Gasteiger partial charge on any atom is -0.485 e. The Kier molecular flexibility index (Phi) is 7.21. The standard InChI is InChI=1S/C25H29F3N6O4/c1-33(2)6-5-29-18-13-19(32-23-20(18)16(14-30-23)25(26,27)28)31-17-4-3-15(21-22(17)38-12-11-37-21)24(35)34-7-9-36-10-8-34/h3-4,13-14H,5-12H2,1-2H3,(H3,29,30,31,32). The molecule has 3 aromatic rings. The molecule has 0 saturated carbocycles. The quantitative estimate of drug-likeness (QED) is 0.423. The summed E-state index contributed by atoms with van der Waals surface area (Å²) in [6.45, 7) is 3.53. The van der Waals surface area contributed by atoms with Gasteiger partial charge in [-0.25, -0.2) is 4.98 Å². The molecule has 1 aromatic carbocycles. The largest absolute Gasteiger partial charge is 0.485 e. The number of H-pyrrole nitrogens is 1. The molecule has 2 aliphatic heterocycles. The molecule has 5 rings (SSSR count). The smallest absolute Gasteiger partial charge is 0.418 e. The summed E-state index contributed by atoms with van der Waals surface area (Å²) in [6, 6.07) is 4.87. The van der Waals surface area contributed by atoms with Crippen molar-refractivity contribution in [2.75, 3.05) is 77.3 Å². The number of nitrogens with one attached hydrogen (secondary N) is 3. The van der Waals surface area contributed by atoms with Gasteiger partial charge in [0.1, 0.15) is 24.7 Å². The molecule has 0 radical (unpaired) electrons. The fourth-order valence-corrected chi connectivity index (χ4v) is 4.45. The number of amides is 1. The van der Waals surface area contributed by atoms with Crippen LogP contribution in [0.25, 0.3) is 11.0 Å². The number of fused-ring (bicyclic) bond motifs is 2. The van der Waals surface area contributed by atoms with Crippen molar-refractivity contribution in [3.05, 3.63) is 35.5 Å². The van der Waals surface area contributed by atoms with Crippen molar-refractivity contribution in [1.29, 1.82) is 0 Å². The summed E-state index contributed by atoms with van der Waals surface area (Å²) in [6.07, 6.45) is -3.62. The SMILES string of the molecule is CN(C)CCNc1cc(Nc2ccc(C(=O)N3CCOCC3)c3c2OCCO3)nc2[nH]cc(C(F)(F)F)c12. The first-order chi connectivity index (χ1) is 18.2. The average molecular weight is 535 g/mol. The van der Waals surface area contributed by atoms with Gasteiger partial charge >= 0.3 is 6.18 Å². The highest BCUT2D eigenvalue weighted by molar-refractivity contribution is 5.99. The Morgan fingerprint density at radius 3 is 2.55 bits per heavy atom. The van der Waals surface area contributed by atoms with Gasteiger partial charge in [-0.1, -0.05) is 0 Å². The molecule has 204 valence electrons. The van der Waals surface area contributed by atoms with Crippen LogP contribution in [0.1, 0.15) is 15.9 Å². The zero-order valence-electron chi connectivity index (χ0n) is 21.1. The van der Waals surface area contributed by atoms with E-state index in [1.54, 1.807) is 17.0 Å². The number of likely N-dealkylation sites (N-methyl/N-ethyl adjacent to an activating group) is 1. The molecule has 0 aliphatic carbocycles. The van der Waals surface area contributed by atoms with Gasteiger partial charge in [0.25, 0.3) is 5.91 Å². The van der Waals surface area contributed by atoms with Crippen LogP contribution in [-0.4, -0.2) is 92.4 Å². The number of carbonyl (C=O) groups excluding carboxylic acids is 1. The summed E-state index contributed by atoms with van der Waals surface area (Å²) in [5, 5.41) is 6.22. The Labute approximate surface area is 217 Å². The number of halogens is 3. The number of rotatable bonds is 7. The Morgan fingerprint density at radius 2 is 1.84 bits per heavy atom. The number of aromatic amines is 1. The molecule has 3 N–H and O–H groups in total. The van der Waals surface area contributed by atoms with Crippen LogP contribution >= 0.6 is 0 Å². The summed E-state index contributed by atoms with van der Waals surface area (Å²) in [5.41, 5.74) is 0.435. The number of ether oxygens (including phenoxy) is 3. The van der Waals surface area contributed by atoms with Crippen molar-refractivity contribution in [2.24, 2.45) is 0 Å². The number of alkyl halides is 3. The molecule has 4 heterocycles. The van der Waals surface area contributed by atoms with Crippen molar-refractivity contribution < 1.29 is 32.2 Å². The van der Waals surface area contributed by atoms with Gasteiger partial charge in [0.15, 0.2) is 11.5 Å². The predicted molar refractivity (Wildman–Crippen MR) is 136 cm³/mol. The number of hydrogen-bond donors (Lipinski definition) is 3. The van der Waals surface area contributed by atoms with E-state index in [2.05, 4.69) is 20.6 Å². The third-order valence-corrected chi connectivity index (χ3v) is 6.30. The van der Waals surface area contributed by atoms with Crippen LogP contribution in [0.5, 0.6) is 11.5 Å². The number of nitrogens with zero attached hydrogens (tertiary/aromatic N) is 3. The van der Waals surface area contributed by atoms with Gasteiger partial charge in [0.2, 0.25) is 0 Å². The number of carbonyl (C=O) groups is 1. The van der Waals surface area contributed by atoms with Crippen LogP contribution in [0.15, 0.2) is 24.4 Å². The number of aromatic nitrogens is 2. The highest BCUT2D eigenvalue weighted by Crippen LogP contribution is 2.43. The molecular formula is C25H29F3N6O4. The molecule has 38 heavy (non-hydrogen) atoms. The third-order valence-electron chi connectivity index (χ3n) is 6.30. The molecule has 1 fully saturated rings. The molecule has 2 aromatic heterocycles. The highest BCUT2D eigenvalue weighted by Gasteiger charge is 2.35. The van der Waals surface area contributed by atoms with Crippen LogP contribution in [0.2, 0.25) is 0 Å². The van der Waals surface area contributed by atoms with Crippen molar-refractivity contribution >= 4 is 34.1 Å². The Morgan fingerprint density at radius 1 is 1.11 bits per heavy atom. The zero-order valence-corrected chi connectivity index (χ0v) is 21.1. The van der Waals surface area contributed by atoms with E-state index in [0.29, 0.717) is 68.0 Å². The lowest BCUT2D eigenvalue weighted by Crippen LogP contribution is -2.41. The van der Waals surface area contributed by atoms with E-state index in [-0.39, 0.29) is 35.8 Å². The molecule has 13 heteroatoms. The molecular weight excluding hydrogens is 505 g/mol. The second-order valence-corrected chi connectivity index (χ2v) is 9.25. The van der Waals surface area contributed by atoms with Gasteiger partial charge in [-0.05, 0) is 26.2 Å². The second kappa shape index (κ2) is 10.6. The van der Waals surface area contributed by atoms with Crippen LogP contribution in [0, 0.1) is 0 Å². The Hall–Kier alpha value is -3.71. The number of anilines is 3. The lowest BCUT2D eigenvalue weighted by molar-refractivity contribution is -0.136. The van der Waals surface area contributed by atoms with Crippen LogP contribution in [0.3, 0.4) is 0 Å². The summed E-state index contributed by atoms with van der Waals surface area (Å²) in [4.78, 5) is 23.8. The molecule has 0 bridgehead atoms. The minimum absolute atomic E-state index is 0.0325. The first-order valence-electron chi connectivity index (χ1n) is 12.3. The summed E-state index contributed by atoms with van der Waals surface area (Å²) >= 11 is 0. The van der Waals surface area contributed by atoms with E-state index in [0.717, 1.165) is 6.20 Å². The monoisotopic (exact) mass is 534 g/mol. The maximum atomic E-state index is 13.7. The summed E-state index contributed by atoms with van der Waals surface area (Å²) < 4.78 is 58.1. The number of morpholine rings is 1. The number of benzene rings is 1. The number of hydrogen-bond acceptors (Lipinski definition) is 8. The summed E-state index contributed by atoms with van der Waals surface area (Å²) in [5.74, 6) is 0.785. The normalized spacial score (nSPS) is 15.7. The van der Waals surface area contributed by atoms with Crippen molar-refractivity contribution in [3.8, 4) is 11.5 Å². The molecule has 0 spiro atoms. The van der Waals surface area contributed by atoms with E-state index in [4.69, 9.17) is 14.2 Å². The lowest BCUT2D eigenvalue weighted by atomic mass is 10.1. The van der Waals surface area contributed by atoms with Crippen molar-refractivity contribution in [1.82, 2.24) is 19.8 Å². The maximum Gasteiger partial charge on any atom is 0.418 e. The van der Waals surface area contributed by atoms with Crippen LogP contribution < -0.4 is 20.1 Å². The topological polar surface area (TPSA) is 104 Å². The Balaban J connectivity index is 1.49. The van der Waals surface area contributed by atoms with E-state index in [1.165, 1.54) is 6.07 Å². The van der Waals surface area contributed by atoms with Gasteiger partial charge in [-0.2, -0.15) is 13.2 Å². The van der Waals surface area contributed by atoms with Crippen molar-refractivity contribution in [3.63, 3.8) is 0 Å². The first kappa shape index (κ1) is 25.9. The molecule has 0 atom stereocenters. The molecule has 10 nitrogen and oxygen atoms in total. The zero-order chi connectivity index (χ0) is 26.9. The van der Waals surface area contributed by atoms with Gasteiger partial charge in [-0.3, -0.25) is 4.79 Å². The fraction of sp³-hybridized carbons (Fsp3) is 0.440. The predicted octanol–water partition coefficient (Wildman–Crippen LogP) is 3.54. The molecule has 0 unspecified atom stereocenters. The average Bonchev–Trinajstić information content (AvgIpc) is 3.34. The van der Waals surface area contributed by atoms with E-state index >= 15 is 0 Å². The van der Waals surface area contributed by atoms with E-state index < -0.39 is 11.7 Å². The van der Waals surface area contributed by atoms with E-state index in [1.807, 2.05) is 19.0 Å². The first-order valence-corrected chi connectivity index (χ1v) is 12.3. The molecule has 1 saturated heterocycles. The Bertz CT molecular complexity index is 1320. The molecule has 2 aliphatic rings. The van der Waals surface area contributed by atoms with Crippen LogP contribution in [0.4, 0.5) is 30.4 Å². The van der Waals surface area contributed by atoms with E-state index in [9.17, 15) is 18.0 Å². The minimum atomic E-state index is -4.54. The summed E-state index contributed by atoms with van der Waals surface area (Å²) in [7, 11) is 3.76. The number of pyridine rings is 1. The molecule has 1 amide bonds. The maximum absolute atomic E-state index is 13.7. The van der Waals surface area contributed by atoms with Gasteiger partial charge in [-0.15, -0.1) is 0 Å². The van der Waals surface area contributed by atoms with Gasteiger partial charge in [0, 0.05) is 44.1 Å².